The number of hydrogen-bond acceptors (Lipinski definition) is 11. The van der Waals surface area contributed by atoms with Crippen molar-refractivity contribution in [2.24, 2.45) is 0 Å². The predicted molar refractivity (Wildman–Crippen MR) is 169 cm³/mol. The molecule has 0 bridgehead atoms. The second kappa shape index (κ2) is 20.2. The molecule has 2 aromatic rings. The Morgan fingerprint density at radius 3 is 1.48 bits per heavy atom. The molecule has 1 fully saturated rings. The zero-order valence-corrected chi connectivity index (χ0v) is 26.2. The summed E-state index contributed by atoms with van der Waals surface area (Å²) < 4.78 is 0. The minimum Gasteiger partial charge on any atom is -0.480 e. The Labute approximate surface area is 269 Å². The first-order valence-electron chi connectivity index (χ1n) is 15.5. The highest BCUT2D eigenvalue weighted by Gasteiger charge is 2.21. The molecule has 0 unspecified atom stereocenters. The Balaban J connectivity index is 1.60. The van der Waals surface area contributed by atoms with Gasteiger partial charge in [-0.2, -0.15) is 0 Å². The van der Waals surface area contributed by atoms with E-state index in [1.165, 1.54) is 0 Å². The van der Waals surface area contributed by atoms with Crippen LogP contribution in [0.4, 0.5) is 0 Å². The number of hydrogen-bond donors (Lipinski definition) is 4. The SMILES string of the molecule is O=C(O)CN1CCN(CC(=O)O)CCN(CC(=O)NCCN(CCc2ccccn2)Cc2ccccn2)CCN(CC(=O)O)CC1. The molecule has 0 aliphatic carbocycles. The average Bonchev–Trinajstić information content (AvgIpc) is 3.01. The van der Waals surface area contributed by atoms with Crippen molar-refractivity contribution < 1.29 is 34.5 Å². The standard InChI is InChI=1S/C31H46N8O7/c40-28(34-10-12-35(21-27-6-2-4-9-33-27)11-7-26-5-1-3-8-32-26)22-36-13-15-37(23-29(41)42)17-19-39(25-31(45)46)20-18-38(16-14-36)24-30(43)44/h1-6,8-9H,7,10-25H2,(H,34,40)(H,41,42)(H,43,44)(H,45,46). The monoisotopic (exact) mass is 642 g/mol. The van der Waals surface area contributed by atoms with Gasteiger partial charge in [0.15, 0.2) is 0 Å². The topological polar surface area (TPSA) is 183 Å². The Morgan fingerprint density at radius 2 is 1.07 bits per heavy atom. The van der Waals surface area contributed by atoms with Crippen LogP contribution >= 0.6 is 0 Å². The van der Waals surface area contributed by atoms with Crippen molar-refractivity contribution in [2.75, 3.05) is 98.2 Å². The maximum atomic E-state index is 13.1. The summed E-state index contributed by atoms with van der Waals surface area (Å²) in [6, 6.07) is 11.6. The van der Waals surface area contributed by atoms with Gasteiger partial charge in [0.25, 0.3) is 0 Å². The summed E-state index contributed by atoms with van der Waals surface area (Å²) in [4.78, 5) is 65.6. The minimum atomic E-state index is -1.01. The number of pyridine rings is 2. The van der Waals surface area contributed by atoms with Gasteiger partial charge >= 0.3 is 17.9 Å². The van der Waals surface area contributed by atoms with Crippen LogP contribution in [-0.4, -0.2) is 172 Å². The van der Waals surface area contributed by atoms with E-state index in [-0.39, 0.29) is 32.1 Å². The number of carboxylic acids is 3. The van der Waals surface area contributed by atoms with Gasteiger partial charge in [-0.3, -0.25) is 53.6 Å². The van der Waals surface area contributed by atoms with Crippen LogP contribution in [0.15, 0.2) is 48.8 Å². The maximum absolute atomic E-state index is 13.1. The Morgan fingerprint density at radius 1 is 0.630 bits per heavy atom. The molecule has 15 nitrogen and oxygen atoms in total. The van der Waals surface area contributed by atoms with Gasteiger partial charge in [0, 0.05) is 103 Å². The summed E-state index contributed by atoms with van der Waals surface area (Å²) >= 11 is 0. The number of amides is 1. The molecular weight excluding hydrogens is 596 g/mol. The van der Waals surface area contributed by atoms with Crippen LogP contribution in [0.1, 0.15) is 11.4 Å². The molecule has 0 atom stereocenters. The lowest BCUT2D eigenvalue weighted by molar-refractivity contribution is -0.140. The Hall–Kier alpha value is -4.02. The van der Waals surface area contributed by atoms with Crippen molar-refractivity contribution >= 4 is 23.8 Å². The third-order valence-electron chi connectivity index (χ3n) is 7.65. The van der Waals surface area contributed by atoms with E-state index >= 15 is 0 Å². The summed E-state index contributed by atoms with van der Waals surface area (Å²) in [7, 11) is 0. The van der Waals surface area contributed by atoms with Crippen molar-refractivity contribution in [3.05, 3.63) is 60.2 Å². The number of carbonyl (C=O) groups excluding carboxylic acids is 1. The van der Waals surface area contributed by atoms with Crippen LogP contribution in [0.5, 0.6) is 0 Å². The van der Waals surface area contributed by atoms with E-state index < -0.39 is 17.9 Å². The molecule has 252 valence electrons. The Bertz CT molecular complexity index is 1190. The fourth-order valence-corrected chi connectivity index (χ4v) is 5.21. The van der Waals surface area contributed by atoms with Crippen molar-refractivity contribution in [2.45, 2.75) is 13.0 Å². The smallest absolute Gasteiger partial charge is 0.317 e. The molecule has 1 aliphatic heterocycles. The molecule has 0 spiro atoms. The Kier molecular flexibility index (Phi) is 16.0. The first-order valence-corrected chi connectivity index (χ1v) is 15.5. The number of rotatable bonds is 16. The molecule has 46 heavy (non-hydrogen) atoms. The van der Waals surface area contributed by atoms with Crippen molar-refractivity contribution in [1.82, 2.24) is 39.8 Å². The zero-order valence-electron chi connectivity index (χ0n) is 26.2. The number of aliphatic carboxylic acids is 3. The maximum Gasteiger partial charge on any atom is 0.317 e. The molecule has 3 rings (SSSR count). The number of aromatic nitrogens is 2. The lowest BCUT2D eigenvalue weighted by Gasteiger charge is -2.32. The molecule has 1 amide bonds. The van der Waals surface area contributed by atoms with Crippen molar-refractivity contribution in [1.29, 1.82) is 0 Å². The predicted octanol–water partition coefficient (Wildman–Crippen LogP) is -0.887. The number of nitrogens with one attached hydrogen (secondary N) is 1. The lowest BCUT2D eigenvalue weighted by Crippen LogP contribution is -2.50. The minimum absolute atomic E-state index is 0.0706. The highest BCUT2D eigenvalue weighted by atomic mass is 16.4. The normalized spacial score (nSPS) is 16.4. The summed E-state index contributed by atoms with van der Waals surface area (Å²) in [5.74, 6) is -3.18. The van der Waals surface area contributed by atoms with Crippen LogP contribution in [-0.2, 0) is 32.1 Å². The molecule has 0 saturated carbocycles. The summed E-state index contributed by atoms with van der Waals surface area (Å²) in [5.41, 5.74) is 1.91. The first-order chi connectivity index (χ1) is 22.2. The number of carboxylic acid groups (broad SMARTS) is 3. The molecule has 1 aliphatic rings. The van der Waals surface area contributed by atoms with Gasteiger partial charge in [0.1, 0.15) is 0 Å². The van der Waals surface area contributed by atoms with Gasteiger partial charge in [-0.15, -0.1) is 0 Å². The van der Waals surface area contributed by atoms with Crippen molar-refractivity contribution in [3.8, 4) is 0 Å². The van der Waals surface area contributed by atoms with Crippen LogP contribution in [0.2, 0.25) is 0 Å². The third kappa shape index (κ3) is 15.3. The summed E-state index contributed by atoms with van der Waals surface area (Å²) in [6.07, 6.45) is 4.28. The fraction of sp³-hybridized carbons (Fsp3) is 0.548. The van der Waals surface area contributed by atoms with Gasteiger partial charge in [0.05, 0.1) is 31.9 Å². The number of carbonyl (C=O) groups is 4. The molecule has 4 N–H and O–H groups in total. The van der Waals surface area contributed by atoms with E-state index in [1.54, 1.807) is 27.1 Å². The van der Waals surface area contributed by atoms with Gasteiger partial charge in [-0.05, 0) is 24.3 Å². The summed E-state index contributed by atoms with van der Waals surface area (Å²) in [6.45, 7) is 4.54. The highest BCUT2D eigenvalue weighted by Crippen LogP contribution is 2.05. The molecule has 0 radical (unpaired) electrons. The van der Waals surface area contributed by atoms with Crippen LogP contribution in [0, 0.1) is 0 Å². The van der Waals surface area contributed by atoms with Gasteiger partial charge in [-0.1, -0.05) is 12.1 Å². The number of nitrogens with zero attached hydrogens (tertiary/aromatic N) is 7. The molecule has 1 saturated heterocycles. The van der Waals surface area contributed by atoms with E-state index in [0.717, 1.165) is 24.4 Å². The van der Waals surface area contributed by atoms with Crippen LogP contribution in [0.25, 0.3) is 0 Å². The second-order valence-corrected chi connectivity index (χ2v) is 11.3. The highest BCUT2D eigenvalue weighted by molar-refractivity contribution is 5.78. The van der Waals surface area contributed by atoms with E-state index in [0.29, 0.717) is 72.0 Å². The van der Waals surface area contributed by atoms with E-state index in [2.05, 4.69) is 20.2 Å². The molecule has 0 aromatic carbocycles. The van der Waals surface area contributed by atoms with Crippen LogP contribution < -0.4 is 5.32 Å². The quantitative estimate of drug-likeness (QED) is 0.177. The van der Waals surface area contributed by atoms with Crippen LogP contribution in [0.3, 0.4) is 0 Å². The van der Waals surface area contributed by atoms with E-state index in [4.69, 9.17) is 0 Å². The lowest BCUT2D eigenvalue weighted by atomic mass is 10.2. The largest absolute Gasteiger partial charge is 0.480 e. The molecule has 15 heteroatoms. The molecule has 2 aromatic heterocycles. The molecule has 3 heterocycles. The third-order valence-corrected chi connectivity index (χ3v) is 7.65. The second-order valence-electron chi connectivity index (χ2n) is 11.3. The van der Waals surface area contributed by atoms with Crippen molar-refractivity contribution in [3.63, 3.8) is 0 Å². The first kappa shape index (κ1) is 36.4. The van der Waals surface area contributed by atoms with Gasteiger partial charge < -0.3 is 20.6 Å². The molecular formula is C31H46N8O7. The van der Waals surface area contributed by atoms with E-state index in [1.807, 2.05) is 41.3 Å². The van der Waals surface area contributed by atoms with Gasteiger partial charge in [0.2, 0.25) is 5.91 Å². The summed E-state index contributed by atoms with van der Waals surface area (Å²) in [5, 5.41) is 31.2. The average molecular weight is 643 g/mol. The fourth-order valence-electron chi connectivity index (χ4n) is 5.21. The van der Waals surface area contributed by atoms with E-state index in [9.17, 15) is 34.5 Å². The zero-order chi connectivity index (χ0) is 33.1. The van der Waals surface area contributed by atoms with Gasteiger partial charge in [-0.25, -0.2) is 0 Å².